The molecule has 1 amide bonds. The Morgan fingerprint density at radius 3 is 2.60 bits per heavy atom. The highest BCUT2D eigenvalue weighted by molar-refractivity contribution is 5.87. The van der Waals surface area contributed by atoms with Crippen molar-refractivity contribution in [3.8, 4) is 0 Å². The van der Waals surface area contributed by atoms with Gasteiger partial charge in [0.1, 0.15) is 6.04 Å². The van der Waals surface area contributed by atoms with Crippen LogP contribution in [0.15, 0.2) is 0 Å². The summed E-state index contributed by atoms with van der Waals surface area (Å²) in [5, 5.41) is 8.51. The summed E-state index contributed by atoms with van der Waals surface area (Å²) < 4.78 is 0. The van der Waals surface area contributed by atoms with E-state index in [0.29, 0.717) is 12.8 Å². The van der Waals surface area contributed by atoms with E-state index in [2.05, 4.69) is 0 Å². The maximum atomic E-state index is 10.8. The molecule has 0 aromatic heterocycles. The van der Waals surface area contributed by atoms with E-state index in [0.717, 1.165) is 0 Å². The van der Waals surface area contributed by atoms with Crippen molar-refractivity contribution in [1.29, 1.82) is 0 Å². The number of likely N-dealkylation sites (tertiary alicyclic amines) is 1. The number of aliphatic carboxylic acids is 1. The topological polar surface area (TPSA) is 57.6 Å². The minimum Gasteiger partial charge on any atom is -0.480 e. The standard InChI is InChI=1S/C6H9NO3/c1-7-4(6(9)10)2-3-5(7)8/h4H,2-3H2,1H3,(H,9,10). The monoisotopic (exact) mass is 143 g/mol. The lowest BCUT2D eigenvalue weighted by atomic mass is 10.2. The van der Waals surface area contributed by atoms with Gasteiger partial charge in [-0.2, -0.15) is 0 Å². The number of rotatable bonds is 1. The average molecular weight is 143 g/mol. The summed E-state index contributed by atoms with van der Waals surface area (Å²) in [4.78, 5) is 22.4. The largest absolute Gasteiger partial charge is 0.480 e. The molecule has 1 atom stereocenters. The number of likely N-dealkylation sites (N-methyl/N-ethyl adjacent to an activating group) is 1. The molecule has 0 spiro atoms. The Bertz CT molecular complexity index is 178. The molecule has 1 unspecified atom stereocenters. The summed E-state index contributed by atoms with van der Waals surface area (Å²) in [5.41, 5.74) is 0. The number of carboxylic acid groups (broad SMARTS) is 1. The van der Waals surface area contributed by atoms with Crippen molar-refractivity contribution in [2.75, 3.05) is 7.05 Å². The Hall–Kier alpha value is -1.06. The number of hydrogen-bond donors (Lipinski definition) is 1. The van der Waals surface area contributed by atoms with Gasteiger partial charge in [-0.05, 0) is 6.42 Å². The molecule has 0 saturated carbocycles. The Kier molecular flexibility index (Phi) is 1.61. The van der Waals surface area contributed by atoms with Crippen LogP contribution in [-0.2, 0) is 9.59 Å². The first-order valence-electron chi connectivity index (χ1n) is 3.11. The first kappa shape index (κ1) is 7.05. The first-order valence-corrected chi connectivity index (χ1v) is 3.11. The normalized spacial score (nSPS) is 25.5. The van der Waals surface area contributed by atoms with Crippen molar-refractivity contribution in [1.82, 2.24) is 4.90 Å². The molecule has 56 valence electrons. The van der Waals surface area contributed by atoms with Crippen LogP contribution in [0.25, 0.3) is 0 Å². The van der Waals surface area contributed by atoms with Gasteiger partial charge in [0.05, 0.1) is 0 Å². The summed E-state index contributed by atoms with van der Waals surface area (Å²) >= 11 is 0. The van der Waals surface area contributed by atoms with Crippen molar-refractivity contribution in [3.63, 3.8) is 0 Å². The van der Waals surface area contributed by atoms with Gasteiger partial charge >= 0.3 is 5.97 Å². The molecule has 1 rings (SSSR count). The maximum Gasteiger partial charge on any atom is 0.326 e. The minimum atomic E-state index is -0.909. The second-order valence-electron chi connectivity index (χ2n) is 2.40. The predicted molar refractivity (Wildman–Crippen MR) is 33.4 cm³/mol. The zero-order valence-corrected chi connectivity index (χ0v) is 5.70. The van der Waals surface area contributed by atoms with E-state index in [4.69, 9.17) is 5.11 Å². The van der Waals surface area contributed by atoms with Crippen LogP contribution >= 0.6 is 0 Å². The quantitative estimate of drug-likeness (QED) is 0.547. The fourth-order valence-corrected chi connectivity index (χ4v) is 1.09. The smallest absolute Gasteiger partial charge is 0.326 e. The summed E-state index contributed by atoms with van der Waals surface area (Å²) in [6.07, 6.45) is 0.818. The molecular weight excluding hydrogens is 134 g/mol. The molecule has 0 radical (unpaired) electrons. The number of hydrogen-bond acceptors (Lipinski definition) is 2. The van der Waals surface area contributed by atoms with Crippen LogP contribution in [0.2, 0.25) is 0 Å². The molecule has 1 saturated heterocycles. The highest BCUT2D eigenvalue weighted by atomic mass is 16.4. The van der Waals surface area contributed by atoms with E-state index in [1.165, 1.54) is 11.9 Å². The molecular formula is C6H9NO3. The van der Waals surface area contributed by atoms with Gasteiger partial charge in [-0.15, -0.1) is 0 Å². The Labute approximate surface area is 58.4 Å². The van der Waals surface area contributed by atoms with Crippen molar-refractivity contribution < 1.29 is 14.7 Å². The van der Waals surface area contributed by atoms with Crippen LogP contribution in [0.3, 0.4) is 0 Å². The van der Waals surface area contributed by atoms with Gasteiger partial charge in [0.25, 0.3) is 0 Å². The van der Waals surface area contributed by atoms with Crippen LogP contribution in [-0.4, -0.2) is 35.0 Å². The minimum absolute atomic E-state index is 0.0765. The van der Waals surface area contributed by atoms with E-state index in [9.17, 15) is 9.59 Å². The van der Waals surface area contributed by atoms with E-state index in [1.807, 2.05) is 0 Å². The molecule has 0 bridgehead atoms. The van der Waals surface area contributed by atoms with Gasteiger partial charge in [-0.3, -0.25) is 4.79 Å². The van der Waals surface area contributed by atoms with Gasteiger partial charge in [0.15, 0.2) is 0 Å². The van der Waals surface area contributed by atoms with Gasteiger partial charge < -0.3 is 10.0 Å². The zero-order valence-electron chi connectivity index (χ0n) is 5.70. The van der Waals surface area contributed by atoms with Crippen LogP contribution in [0.4, 0.5) is 0 Å². The van der Waals surface area contributed by atoms with E-state index in [-0.39, 0.29) is 5.91 Å². The van der Waals surface area contributed by atoms with Gasteiger partial charge in [-0.25, -0.2) is 4.79 Å². The Morgan fingerprint density at radius 1 is 1.80 bits per heavy atom. The Morgan fingerprint density at radius 2 is 2.40 bits per heavy atom. The molecule has 0 aromatic carbocycles. The molecule has 1 heterocycles. The van der Waals surface area contributed by atoms with Crippen LogP contribution in [0.1, 0.15) is 12.8 Å². The summed E-state index contributed by atoms with van der Waals surface area (Å²) in [7, 11) is 1.52. The molecule has 0 aliphatic carbocycles. The lowest BCUT2D eigenvalue weighted by Crippen LogP contribution is -2.34. The van der Waals surface area contributed by atoms with Gasteiger partial charge in [0, 0.05) is 13.5 Å². The van der Waals surface area contributed by atoms with Gasteiger partial charge in [-0.1, -0.05) is 0 Å². The second kappa shape index (κ2) is 2.28. The number of carboxylic acids is 1. The molecule has 0 aromatic rings. The lowest BCUT2D eigenvalue weighted by molar-refractivity contribution is -0.145. The van der Waals surface area contributed by atoms with E-state index in [1.54, 1.807) is 0 Å². The van der Waals surface area contributed by atoms with Crippen LogP contribution in [0.5, 0.6) is 0 Å². The molecule has 1 fully saturated rings. The molecule has 10 heavy (non-hydrogen) atoms. The molecule has 1 N–H and O–H groups in total. The van der Waals surface area contributed by atoms with Crippen molar-refractivity contribution in [2.45, 2.75) is 18.9 Å². The third-order valence-corrected chi connectivity index (χ3v) is 1.78. The molecule has 4 nitrogen and oxygen atoms in total. The van der Waals surface area contributed by atoms with Crippen molar-refractivity contribution in [2.24, 2.45) is 0 Å². The van der Waals surface area contributed by atoms with Crippen LogP contribution < -0.4 is 0 Å². The number of amides is 1. The van der Waals surface area contributed by atoms with E-state index < -0.39 is 12.0 Å². The van der Waals surface area contributed by atoms with Crippen molar-refractivity contribution >= 4 is 11.9 Å². The summed E-state index contributed by atoms with van der Waals surface area (Å²) in [6.45, 7) is 0. The van der Waals surface area contributed by atoms with E-state index >= 15 is 0 Å². The average Bonchev–Trinajstić information content (AvgIpc) is 2.14. The number of nitrogens with zero attached hydrogens (tertiary/aromatic N) is 1. The van der Waals surface area contributed by atoms with Crippen molar-refractivity contribution in [3.05, 3.63) is 0 Å². The Balaban J connectivity index is 2.66. The summed E-state index contributed by atoms with van der Waals surface area (Å²) in [6, 6.07) is -0.590. The molecule has 1 aliphatic heterocycles. The number of carbonyl (C=O) groups excluding carboxylic acids is 1. The molecule has 1 aliphatic rings. The third-order valence-electron chi connectivity index (χ3n) is 1.78. The fourth-order valence-electron chi connectivity index (χ4n) is 1.09. The number of carbonyl (C=O) groups is 2. The zero-order chi connectivity index (χ0) is 7.72. The third kappa shape index (κ3) is 0.964. The fraction of sp³-hybridized carbons (Fsp3) is 0.667. The highest BCUT2D eigenvalue weighted by Gasteiger charge is 2.32. The second-order valence-corrected chi connectivity index (χ2v) is 2.40. The highest BCUT2D eigenvalue weighted by Crippen LogP contribution is 2.15. The van der Waals surface area contributed by atoms with Gasteiger partial charge in [0.2, 0.25) is 5.91 Å². The SMILES string of the molecule is CN1C(=O)CCC1C(=O)O. The first-order chi connectivity index (χ1) is 4.63. The predicted octanol–water partition coefficient (Wildman–Crippen LogP) is -0.308. The van der Waals surface area contributed by atoms with Crippen LogP contribution in [0, 0.1) is 0 Å². The lowest BCUT2D eigenvalue weighted by Gasteiger charge is -2.14. The molecule has 4 heteroatoms. The maximum absolute atomic E-state index is 10.8. The summed E-state index contributed by atoms with van der Waals surface area (Å²) in [5.74, 6) is -0.985.